The number of cyclic esters (lactones) is 2. The summed E-state index contributed by atoms with van der Waals surface area (Å²) < 4.78 is 8.92. The molecule has 0 amide bonds. The van der Waals surface area contributed by atoms with Crippen LogP contribution < -0.4 is 0 Å². The second kappa shape index (κ2) is 4.72. The number of hydrogen-bond donors (Lipinski definition) is 0. The average Bonchev–Trinajstić information content (AvgIpc) is 2.66. The predicted molar refractivity (Wildman–Crippen MR) is 59.7 cm³/mol. The van der Waals surface area contributed by atoms with E-state index in [1.807, 2.05) is 0 Å². The van der Waals surface area contributed by atoms with E-state index in [0.717, 1.165) is 0 Å². The van der Waals surface area contributed by atoms with Gasteiger partial charge < -0.3 is 9.47 Å². The summed E-state index contributed by atoms with van der Waals surface area (Å²) in [5.74, 6) is 3.38. The molecule has 0 N–H and O–H groups in total. The lowest BCUT2D eigenvalue weighted by molar-refractivity contribution is -0.139. The van der Waals surface area contributed by atoms with E-state index in [9.17, 15) is 14.4 Å². The fourth-order valence-corrected chi connectivity index (χ4v) is 1.52. The van der Waals surface area contributed by atoms with E-state index >= 15 is 0 Å². The third-order valence-electron chi connectivity index (χ3n) is 2.36. The molecule has 0 atom stereocenters. The van der Waals surface area contributed by atoms with Crippen LogP contribution >= 0.6 is 0 Å². The van der Waals surface area contributed by atoms with E-state index in [0.29, 0.717) is 5.56 Å². The van der Waals surface area contributed by atoms with Crippen LogP contribution in [0, 0.1) is 11.8 Å². The van der Waals surface area contributed by atoms with E-state index < -0.39 is 17.9 Å². The van der Waals surface area contributed by atoms with Gasteiger partial charge in [-0.25, -0.2) is 9.59 Å². The Morgan fingerprint density at radius 3 is 2.83 bits per heavy atom. The highest BCUT2D eigenvalue weighted by Crippen LogP contribution is 2.22. The van der Waals surface area contributed by atoms with Gasteiger partial charge in [0.05, 0.1) is 18.2 Å². The van der Waals surface area contributed by atoms with Gasteiger partial charge >= 0.3 is 17.9 Å². The molecular weight excluding hydrogens is 236 g/mol. The van der Waals surface area contributed by atoms with Crippen molar-refractivity contribution in [2.24, 2.45) is 0 Å². The van der Waals surface area contributed by atoms with E-state index in [-0.39, 0.29) is 17.5 Å². The summed E-state index contributed by atoms with van der Waals surface area (Å²) in [6.07, 6.45) is -0.0802. The van der Waals surface area contributed by atoms with Crippen molar-refractivity contribution in [3.63, 3.8) is 0 Å². The molecule has 1 aliphatic heterocycles. The lowest BCUT2D eigenvalue weighted by atomic mass is 10.0. The lowest BCUT2D eigenvalue weighted by Gasteiger charge is -1.95. The first-order valence-electron chi connectivity index (χ1n) is 5.08. The fourth-order valence-electron chi connectivity index (χ4n) is 1.52. The molecule has 5 nitrogen and oxygen atoms in total. The van der Waals surface area contributed by atoms with Gasteiger partial charge in [-0.1, -0.05) is 17.9 Å². The molecule has 0 aliphatic carbocycles. The Morgan fingerprint density at radius 2 is 2.11 bits per heavy atom. The highest BCUT2D eigenvalue weighted by molar-refractivity contribution is 6.15. The molecule has 1 heterocycles. The molecule has 0 radical (unpaired) electrons. The molecule has 0 aromatic heterocycles. The maximum Gasteiger partial charge on any atom is 0.348 e. The van der Waals surface area contributed by atoms with Crippen molar-refractivity contribution in [2.45, 2.75) is 6.42 Å². The Kier molecular flexibility index (Phi) is 3.11. The van der Waals surface area contributed by atoms with Crippen molar-refractivity contribution in [1.82, 2.24) is 0 Å². The molecule has 90 valence electrons. The molecule has 0 bridgehead atoms. The molecule has 0 spiro atoms. The second-order valence-electron chi connectivity index (χ2n) is 3.46. The molecule has 5 heteroatoms. The van der Waals surface area contributed by atoms with Crippen LogP contribution in [0.4, 0.5) is 0 Å². The maximum atomic E-state index is 11.4. The minimum atomic E-state index is -0.710. The highest BCUT2D eigenvalue weighted by Gasteiger charge is 2.31. The van der Waals surface area contributed by atoms with Gasteiger partial charge in [-0.2, -0.15) is 0 Å². The number of esters is 3. The van der Waals surface area contributed by atoms with Crippen LogP contribution in [0.15, 0.2) is 18.2 Å². The molecule has 1 aromatic carbocycles. The summed E-state index contributed by atoms with van der Waals surface area (Å²) in [7, 11) is 1.26. The van der Waals surface area contributed by atoms with Gasteiger partial charge in [0.15, 0.2) is 0 Å². The lowest BCUT2D eigenvalue weighted by Crippen LogP contribution is -1.99. The molecular formula is C13H8O5. The smallest absolute Gasteiger partial charge is 0.348 e. The number of rotatable bonds is 1. The van der Waals surface area contributed by atoms with Gasteiger partial charge in [0.1, 0.15) is 6.42 Å². The SMILES string of the molecule is COC(=O)CC#Cc1cccc2c1C(=O)OC2=O. The Labute approximate surface area is 103 Å². The van der Waals surface area contributed by atoms with Gasteiger partial charge in [0.2, 0.25) is 0 Å². The largest absolute Gasteiger partial charge is 0.468 e. The first kappa shape index (κ1) is 11.9. The summed E-state index contributed by atoms with van der Waals surface area (Å²) in [5.41, 5.74) is 0.719. The van der Waals surface area contributed by atoms with Gasteiger partial charge in [0, 0.05) is 5.56 Å². The van der Waals surface area contributed by atoms with Crippen LogP contribution in [-0.2, 0) is 14.3 Å². The Hall–Kier alpha value is -2.61. The van der Waals surface area contributed by atoms with Crippen LogP contribution in [-0.4, -0.2) is 25.0 Å². The zero-order valence-corrected chi connectivity index (χ0v) is 9.48. The van der Waals surface area contributed by atoms with E-state index in [1.54, 1.807) is 12.1 Å². The topological polar surface area (TPSA) is 69.7 Å². The van der Waals surface area contributed by atoms with Gasteiger partial charge in [-0.3, -0.25) is 4.79 Å². The minimum Gasteiger partial charge on any atom is -0.468 e. The van der Waals surface area contributed by atoms with Crippen LogP contribution in [0.25, 0.3) is 0 Å². The Balaban J connectivity index is 2.34. The van der Waals surface area contributed by atoms with Crippen LogP contribution in [0.5, 0.6) is 0 Å². The zero-order valence-electron chi connectivity index (χ0n) is 9.48. The van der Waals surface area contributed by atoms with Crippen LogP contribution in [0.2, 0.25) is 0 Å². The highest BCUT2D eigenvalue weighted by atomic mass is 16.6. The number of ether oxygens (including phenoxy) is 2. The van der Waals surface area contributed by atoms with Crippen molar-refractivity contribution in [2.75, 3.05) is 7.11 Å². The van der Waals surface area contributed by atoms with Gasteiger partial charge in [-0.15, -0.1) is 0 Å². The van der Waals surface area contributed by atoms with E-state index in [2.05, 4.69) is 21.3 Å². The minimum absolute atomic E-state index is 0.0802. The Bertz CT molecular complexity index is 604. The second-order valence-corrected chi connectivity index (χ2v) is 3.46. The zero-order chi connectivity index (χ0) is 13.1. The molecule has 0 saturated heterocycles. The van der Waals surface area contributed by atoms with E-state index in [1.165, 1.54) is 13.2 Å². The maximum absolute atomic E-state index is 11.4. The average molecular weight is 244 g/mol. The van der Waals surface area contributed by atoms with Gasteiger partial charge in [0.25, 0.3) is 0 Å². The molecule has 1 aromatic rings. The normalized spacial score (nSPS) is 12.3. The number of hydrogen-bond acceptors (Lipinski definition) is 5. The number of fused-ring (bicyclic) bond motifs is 1. The summed E-state index contributed by atoms with van der Waals surface area (Å²) in [6.45, 7) is 0. The summed E-state index contributed by atoms with van der Waals surface area (Å²) in [6, 6.07) is 4.68. The van der Waals surface area contributed by atoms with Crippen LogP contribution in [0.3, 0.4) is 0 Å². The number of carbonyl (C=O) groups is 3. The molecule has 0 unspecified atom stereocenters. The first-order valence-corrected chi connectivity index (χ1v) is 5.08. The molecule has 1 aliphatic rings. The first-order chi connectivity index (χ1) is 8.63. The quantitative estimate of drug-likeness (QED) is 0.417. The summed E-state index contributed by atoms with van der Waals surface area (Å²) in [5, 5.41) is 0. The fraction of sp³-hybridized carbons (Fsp3) is 0.154. The van der Waals surface area contributed by atoms with Crippen molar-refractivity contribution >= 4 is 17.9 Å². The van der Waals surface area contributed by atoms with Crippen LogP contribution in [0.1, 0.15) is 32.7 Å². The van der Waals surface area contributed by atoms with E-state index in [4.69, 9.17) is 0 Å². The summed E-state index contributed by atoms with van der Waals surface area (Å²) in [4.78, 5) is 33.6. The monoisotopic (exact) mass is 244 g/mol. The molecule has 2 rings (SSSR count). The van der Waals surface area contributed by atoms with Crippen molar-refractivity contribution in [3.05, 3.63) is 34.9 Å². The van der Waals surface area contributed by atoms with Crippen molar-refractivity contribution in [3.8, 4) is 11.8 Å². The third kappa shape index (κ3) is 2.09. The molecule has 0 saturated carbocycles. The van der Waals surface area contributed by atoms with Crippen molar-refractivity contribution < 1.29 is 23.9 Å². The number of methoxy groups -OCH3 is 1. The van der Waals surface area contributed by atoms with Crippen molar-refractivity contribution in [1.29, 1.82) is 0 Å². The predicted octanol–water partition coefficient (Wildman–Crippen LogP) is 0.912. The standard InChI is InChI=1S/C13H8O5/c1-17-10(14)7-3-5-8-4-2-6-9-11(8)13(16)18-12(9)15/h2,4,6H,7H2,1H3. The van der Waals surface area contributed by atoms with Gasteiger partial charge in [-0.05, 0) is 12.1 Å². The third-order valence-corrected chi connectivity index (χ3v) is 2.36. The number of carbonyl (C=O) groups excluding carboxylic acids is 3. The molecule has 0 fully saturated rings. The Morgan fingerprint density at radius 1 is 1.33 bits per heavy atom. The number of benzene rings is 1. The molecule has 18 heavy (non-hydrogen) atoms. The summed E-state index contributed by atoms with van der Waals surface area (Å²) >= 11 is 0.